The summed E-state index contributed by atoms with van der Waals surface area (Å²) in [5.41, 5.74) is 3.54. The third kappa shape index (κ3) is 3.59. The smallest absolute Gasteiger partial charge is 0.361 e. The Labute approximate surface area is 165 Å². The number of H-pyrrole nitrogens is 1. The lowest BCUT2D eigenvalue weighted by atomic mass is 9.86. The van der Waals surface area contributed by atoms with Crippen LogP contribution in [0.25, 0.3) is 10.9 Å². The number of fused-ring (bicyclic) bond motifs is 1. The highest BCUT2D eigenvalue weighted by molar-refractivity contribution is 7.97. The molecule has 3 aromatic rings. The second-order valence-electron chi connectivity index (χ2n) is 7.07. The van der Waals surface area contributed by atoms with E-state index < -0.39 is 11.7 Å². The number of halogens is 4. The molecule has 1 fully saturated rings. The molecule has 0 saturated heterocycles. The largest absolute Gasteiger partial charge is 0.416 e. The topological polar surface area (TPSA) is 15.8 Å². The van der Waals surface area contributed by atoms with Gasteiger partial charge in [-0.05, 0) is 53.8 Å². The van der Waals surface area contributed by atoms with Gasteiger partial charge in [0, 0.05) is 33.8 Å². The van der Waals surface area contributed by atoms with Crippen molar-refractivity contribution >= 4 is 34.3 Å². The number of para-hydroxylation sites is 1. The second-order valence-corrected chi connectivity index (χ2v) is 8.34. The van der Waals surface area contributed by atoms with Crippen molar-refractivity contribution in [2.45, 2.75) is 30.7 Å². The average Bonchev–Trinajstić information content (AvgIpc) is 3.36. The van der Waals surface area contributed by atoms with Crippen molar-refractivity contribution in [3.05, 3.63) is 69.9 Å². The molecule has 27 heavy (non-hydrogen) atoms. The zero-order chi connectivity index (χ0) is 19.2. The van der Waals surface area contributed by atoms with E-state index in [1.54, 1.807) is 17.8 Å². The van der Waals surface area contributed by atoms with Crippen molar-refractivity contribution in [3.63, 3.8) is 0 Å². The normalized spacial score (nSPS) is 16.0. The van der Waals surface area contributed by atoms with Crippen molar-refractivity contribution in [2.24, 2.45) is 5.92 Å². The van der Waals surface area contributed by atoms with Gasteiger partial charge in [-0.15, -0.1) is 0 Å². The third-order valence-corrected chi connectivity index (χ3v) is 6.15. The number of benzene rings is 2. The molecule has 0 spiro atoms. The predicted molar refractivity (Wildman–Crippen MR) is 107 cm³/mol. The van der Waals surface area contributed by atoms with Crippen LogP contribution in [0.15, 0.2) is 42.6 Å². The Bertz CT molecular complexity index is 975. The zero-order valence-corrected chi connectivity index (χ0v) is 16.3. The number of nitrogens with one attached hydrogen (secondary N) is 1. The van der Waals surface area contributed by atoms with E-state index in [1.807, 2.05) is 12.3 Å². The van der Waals surface area contributed by atoms with Crippen LogP contribution in [0.1, 0.15) is 41.0 Å². The van der Waals surface area contributed by atoms with Crippen molar-refractivity contribution < 1.29 is 13.2 Å². The van der Waals surface area contributed by atoms with Crippen LogP contribution in [-0.2, 0) is 11.9 Å². The Morgan fingerprint density at radius 3 is 2.59 bits per heavy atom. The molecule has 1 N–H and O–H groups in total. The van der Waals surface area contributed by atoms with E-state index in [-0.39, 0.29) is 10.9 Å². The van der Waals surface area contributed by atoms with Crippen LogP contribution in [0, 0.1) is 5.92 Å². The number of aromatic nitrogens is 1. The molecule has 6 heteroatoms. The van der Waals surface area contributed by atoms with Crippen molar-refractivity contribution in [2.75, 3.05) is 6.26 Å². The first kappa shape index (κ1) is 18.8. The van der Waals surface area contributed by atoms with E-state index in [1.165, 1.54) is 5.56 Å². The van der Waals surface area contributed by atoms with E-state index >= 15 is 0 Å². The van der Waals surface area contributed by atoms with Crippen LogP contribution in [0.2, 0.25) is 5.02 Å². The van der Waals surface area contributed by atoms with Gasteiger partial charge >= 0.3 is 6.18 Å². The summed E-state index contributed by atoms with van der Waals surface area (Å²) in [5, 5.41) is 1.32. The van der Waals surface area contributed by atoms with E-state index in [2.05, 4.69) is 23.4 Å². The molecule has 1 aliphatic rings. The maximum Gasteiger partial charge on any atom is 0.416 e. The number of alkyl halides is 3. The Hall–Kier alpha value is -1.59. The van der Waals surface area contributed by atoms with Gasteiger partial charge in [-0.25, -0.2) is 0 Å². The fourth-order valence-corrected chi connectivity index (χ4v) is 4.68. The minimum absolute atomic E-state index is 0.0121. The molecule has 1 saturated carbocycles. The summed E-state index contributed by atoms with van der Waals surface area (Å²) in [6, 6.07) is 9.99. The van der Waals surface area contributed by atoms with Crippen LogP contribution in [0.5, 0.6) is 0 Å². The van der Waals surface area contributed by atoms with Crippen LogP contribution in [-0.4, -0.2) is 11.2 Å². The molecule has 1 heterocycles. The van der Waals surface area contributed by atoms with Crippen LogP contribution in [0.4, 0.5) is 13.2 Å². The molecule has 0 radical (unpaired) electrons. The van der Waals surface area contributed by atoms with Gasteiger partial charge in [-0.3, -0.25) is 0 Å². The molecule has 1 aliphatic carbocycles. The number of hydrogen-bond acceptors (Lipinski definition) is 1. The van der Waals surface area contributed by atoms with Gasteiger partial charge in [0.05, 0.1) is 5.56 Å². The molecule has 1 nitrogen and oxygen atoms in total. The molecular weight excluding hydrogens is 391 g/mol. The summed E-state index contributed by atoms with van der Waals surface area (Å²) in [5.74, 6) is 1.34. The summed E-state index contributed by atoms with van der Waals surface area (Å²) in [7, 11) is 0. The molecule has 1 unspecified atom stereocenters. The lowest BCUT2D eigenvalue weighted by Crippen LogP contribution is -2.08. The van der Waals surface area contributed by atoms with Crippen LogP contribution < -0.4 is 0 Å². The summed E-state index contributed by atoms with van der Waals surface area (Å²) >= 11 is 8.10. The number of rotatable bonds is 5. The highest BCUT2D eigenvalue weighted by atomic mass is 35.5. The van der Waals surface area contributed by atoms with Gasteiger partial charge in [-0.1, -0.05) is 35.9 Å². The van der Waals surface area contributed by atoms with Gasteiger partial charge in [0.2, 0.25) is 0 Å². The summed E-state index contributed by atoms with van der Waals surface area (Å²) < 4.78 is 39.0. The molecule has 1 atom stereocenters. The molecule has 0 bridgehead atoms. The first-order valence-corrected chi connectivity index (χ1v) is 10.6. The average molecular weight is 410 g/mol. The zero-order valence-electron chi connectivity index (χ0n) is 14.7. The molecule has 1 aromatic heterocycles. The van der Waals surface area contributed by atoms with Gasteiger partial charge in [0.25, 0.3) is 0 Å². The van der Waals surface area contributed by atoms with Gasteiger partial charge in [0.1, 0.15) is 0 Å². The molecular formula is C21H19ClF3NS. The summed E-state index contributed by atoms with van der Waals surface area (Å²) in [4.78, 5) is 3.39. The minimum Gasteiger partial charge on any atom is -0.361 e. The van der Waals surface area contributed by atoms with Crippen molar-refractivity contribution in [1.29, 1.82) is 0 Å². The quantitative estimate of drug-likeness (QED) is 0.469. The Morgan fingerprint density at radius 2 is 1.96 bits per heavy atom. The minimum atomic E-state index is -4.38. The highest BCUT2D eigenvalue weighted by Gasteiger charge is 2.37. The lowest BCUT2D eigenvalue weighted by Gasteiger charge is -2.19. The van der Waals surface area contributed by atoms with E-state index in [4.69, 9.17) is 11.6 Å². The maximum absolute atomic E-state index is 13.0. The molecule has 0 aliphatic heterocycles. The number of thioether (sulfide) groups is 1. The molecule has 142 valence electrons. The molecule has 4 rings (SSSR count). The van der Waals surface area contributed by atoms with Gasteiger partial charge in [-0.2, -0.15) is 24.9 Å². The van der Waals surface area contributed by atoms with E-state index in [0.29, 0.717) is 5.92 Å². The highest BCUT2D eigenvalue weighted by Crippen LogP contribution is 2.50. The van der Waals surface area contributed by atoms with Gasteiger partial charge < -0.3 is 4.98 Å². The first-order chi connectivity index (χ1) is 12.9. The van der Waals surface area contributed by atoms with Crippen molar-refractivity contribution in [3.8, 4) is 0 Å². The second kappa shape index (κ2) is 7.10. The fraction of sp³-hybridized carbons (Fsp3) is 0.333. The SMILES string of the molecule is CSCc1cccc2c(C(c3ccc(C(F)(F)F)cc3Cl)C3CC3)c[nH]c12. The molecule has 2 aromatic carbocycles. The Balaban J connectivity index is 1.81. The standard InChI is InChI=1S/C21H19ClF3NS/c1-27-11-13-3-2-4-15-17(10-26-20(13)15)19(12-5-6-12)16-8-7-14(9-18(16)22)21(23,24)25/h2-4,7-10,12,19,26H,5-6,11H2,1H3. The van der Waals surface area contributed by atoms with E-state index in [9.17, 15) is 13.2 Å². The van der Waals surface area contributed by atoms with Crippen LogP contribution in [0.3, 0.4) is 0 Å². The first-order valence-electron chi connectivity index (χ1n) is 8.84. The summed E-state index contributed by atoms with van der Waals surface area (Å²) in [6.07, 6.45) is 1.83. The maximum atomic E-state index is 13.0. The number of hydrogen-bond donors (Lipinski definition) is 1. The number of aromatic amines is 1. The Morgan fingerprint density at radius 1 is 1.19 bits per heavy atom. The van der Waals surface area contributed by atoms with Gasteiger partial charge in [0.15, 0.2) is 0 Å². The predicted octanol–water partition coefficient (Wildman–Crippen LogP) is 7.25. The fourth-order valence-electron chi connectivity index (χ4n) is 3.83. The summed E-state index contributed by atoms with van der Waals surface area (Å²) in [6.45, 7) is 0. The third-order valence-electron chi connectivity index (χ3n) is 5.22. The van der Waals surface area contributed by atoms with Crippen molar-refractivity contribution in [1.82, 2.24) is 4.98 Å². The lowest BCUT2D eigenvalue weighted by molar-refractivity contribution is -0.137. The van der Waals surface area contributed by atoms with E-state index in [0.717, 1.165) is 52.8 Å². The Kier molecular flexibility index (Phi) is 4.93. The van der Waals surface area contributed by atoms with Crippen LogP contribution >= 0.6 is 23.4 Å². The molecule has 0 amide bonds. The monoisotopic (exact) mass is 409 g/mol.